The van der Waals surface area contributed by atoms with Crippen LogP contribution in [0.25, 0.3) is 10.9 Å². The Morgan fingerprint density at radius 1 is 1.11 bits per heavy atom. The molecule has 0 spiro atoms. The lowest BCUT2D eigenvalue weighted by Gasteiger charge is -2.36. The molecule has 6 nitrogen and oxygen atoms in total. The molecule has 3 aromatic rings. The maximum absolute atomic E-state index is 13.3. The van der Waals surface area contributed by atoms with Gasteiger partial charge in [-0.3, -0.25) is 4.90 Å². The first kappa shape index (κ1) is 24.8. The predicted molar refractivity (Wildman–Crippen MR) is 144 cm³/mol. The topological polar surface area (TPSA) is 66.7 Å². The number of benzene rings is 2. The average Bonchev–Trinajstić information content (AvgIpc) is 3.20. The van der Waals surface area contributed by atoms with Gasteiger partial charge in [0.1, 0.15) is 5.75 Å². The zero-order valence-electron chi connectivity index (χ0n) is 21.6. The standard InChI is InChI=1S/C30H39N3O3/c1-3-36-30(35)28-21(2)33(23-12-8-5-9-13-23)26-14-15-27(34)25(29(26)28)20-32-17-16-31-19-24(32)18-22-10-6-4-7-11-22/h4,6-7,10-11,14-15,23-24,31,34H,3,5,8-9,12-13,16-20H2,1-2H3. The molecule has 1 aromatic heterocycles. The number of aromatic nitrogens is 1. The lowest BCUT2D eigenvalue weighted by atomic mass is 9.95. The number of fused-ring (bicyclic) bond motifs is 1. The monoisotopic (exact) mass is 489 g/mol. The number of carbonyl (C=O) groups excluding carboxylic acids is 1. The number of phenols is 1. The minimum absolute atomic E-state index is 0.255. The fourth-order valence-corrected chi connectivity index (χ4v) is 6.31. The van der Waals surface area contributed by atoms with Crippen LogP contribution in [0.1, 0.15) is 72.2 Å². The summed E-state index contributed by atoms with van der Waals surface area (Å²) in [4.78, 5) is 15.8. The van der Waals surface area contributed by atoms with Crippen LogP contribution < -0.4 is 5.32 Å². The van der Waals surface area contributed by atoms with Crippen molar-refractivity contribution < 1.29 is 14.6 Å². The number of ether oxygens (including phenoxy) is 1. The van der Waals surface area contributed by atoms with Crippen molar-refractivity contribution in [1.82, 2.24) is 14.8 Å². The lowest BCUT2D eigenvalue weighted by molar-refractivity contribution is 0.0527. The molecule has 1 unspecified atom stereocenters. The highest BCUT2D eigenvalue weighted by atomic mass is 16.5. The highest BCUT2D eigenvalue weighted by molar-refractivity contribution is 6.08. The number of phenolic OH excluding ortho intramolecular Hbond substituents is 1. The molecule has 36 heavy (non-hydrogen) atoms. The third-order valence-electron chi connectivity index (χ3n) is 8.07. The first-order chi connectivity index (χ1) is 17.6. The number of hydrogen-bond acceptors (Lipinski definition) is 5. The van der Waals surface area contributed by atoms with Crippen molar-refractivity contribution in [3.8, 4) is 5.75 Å². The van der Waals surface area contributed by atoms with E-state index in [1.807, 2.05) is 26.0 Å². The summed E-state index contributed by atoms with van der Waals surface area (Å²) in [7, 11) is 0. The van der Waals surface area contributed by atoms with Crippen LogP contribution in [-0.2, 0) is 17.7 Å². The van der Waals surface area contributed by atoms with Crippen LogP contribution in [0.15, 0.2) is 42.5 Å². The van der Waals surface area contributed by atoms with Crippen LogP contribution >= 0.6 is 0 Å². The van der Waals surface area contributed by atoms with Gasteiger partial charge < -0.3 is 19.7 Å². The predicted octanol–water partition coefficient (Wildman–Crippen LogP) is 5.35. The van der Waals surface area contributed by atoms with Gasteiger partial charge in [0, 0.05) is 60.4 Å². The van der Waals surface area contributed by atoms with Crippen molar-refractivity contribution in [3.63, 3.8) is 0 Å². The largest absolute Gasteiger partial charge is 0.508 e. The third kappa shape index (κ3) is 4.89. The number of rotatable bonds is 7. The molecule has 6 heteroatoms. The van der Waals surface area contributed by atoms with Crippen LogP contribution in [0.3, 0.4) is 0 Å². The molecule has 0 radical (unpaired) electrons. The van der Waals surface area contributed by atoms with Crippen molar-refractivity contribution in [3.05, 3.63) is 64.8 Å². The average molecular weight is 490 g/mol. The van der Waals surface area contributed by atoms with Gasteiger partial charge in [-0.15, -0.1) is 0 Å². The van der Waals surface area contributed by atoms with E-state index >= 15 is 0 Å². The molecule has 1 aliphatic heterocycles. The summed E-state index contributed by atoms with van der Waals surface area (Å²) in [5.41, 5.74) is 4.78. The second-order valence-electron chi connectivity index (χ2n) is 10.3. The van der Waals surface area contributed by atoms with Crippen LogP contribution in [0, 0.1) is 6.92 Å². The number of nitrogens with zero attached hydrogens (tertiary/aromatic N) is 2. The smallest absolute Gasteiger partial charge is 0.340 e. The van der Waals surface area contributed by atoms with Gasteiger partial charge in [0.15, 0.2) is 0 Å². The Labute approximate surface area is 214 Å². The summed E-state index contributed by atoms with van der Waals surface area (Å²) >= 11 is 0. The normalized spacial score (nSPS) is 19.6. The first-order valence-electron chi connectivity index (χ1n) is 13.6. The van der Waals surface area contributed by atoms with E-state index in [1.54, 1.807) is 0 Å². The second kappa shape index (κ2) is 11.1. The lowest BCUT2D eigenvalue weighted by Crippen LogP contribution is -2.51. The maximum Gasteiger partial charge on any atom is 0.340 e. The molecule has 192 valence electrons. The number of carbonyl (C=O) groups is 1. The van der Waals surface area contributed by atoms with Crippen molar-refractivity contribution in [2.75, 3.05) is 26.2 Å². The molecule has 1 saturated carbocycles. The molecule has 2 fully saturated rings. The van der Waals surface area contributed by atoms with Crippen LogP contribution in [0.5, 0.6) is 5.75 Å². The van der Waals surface area contributed by atoms with Crippen LogP contribution in [0.2, 0.25) is 0 Å². The summed E-state index contributed by atoms with van der Waals surface area (Å²) in [6.07, 6.45) is 6.89. The Morgan fingerprint density at radius 2 is 1.89 bits per heavy atom. The van der Waals surface area contributed by atoms with Crippen LogP contribution in [-0.4, -0.2) is 52.8 Å². The van der Waals surface area contributed by atoms with E-state index in [9.17, 15) is 9.90 Å². The van der Waals surface area contributed by atoms with E-state index in [4.69, 9.17) is 4.74 Å². The Bertz CT molecular complexity index is 1200. The van der Waals surface area contributed by atoms with E-state index in [1.165, 1.54) is 24.8 Å². The molecule has 2 aromatic carbocycles. The summed E-state index contributed by atoms with van der Waals surface area (Å²) in [5.74, 6) is -0.0339. The Hall–Kier alpha value is -2.83. The highest BCUT2D eigenvalue weighted by Gasteiger charge is 2.30. The van der Waals surface area contributed by atoms with E-state index < -0.39 is 0 Å². The van der Waals surface area contributed by atoms with Gasteiger partial charge in [-0.1, -0.05) is 49.6 Å². The van der Waals surface area contributed by atoms with Gasteiger partial charge in [0.2, 0.25) is 0 Å². The Kier molecular flexibility index (Phi) is 7.63. The van der Waals surface area contributed by atoms with Gasteiger partial charge in [-0.2, -0.15) is 0 Å². The van der Waals surface area contributed by atoms with E-state index in [0.29, 0.717) is 30.8 Å². The number of piperazine rings is 1. The van der Waals surface area contributed by atoms with Crippen molar-refractivity contribution in [2.45, 2.75) is 71.0 Å². The van der Waals surface area contributed by atoms with Crippen molar-refractivity contribution in [2.24, 2.45) is 0 Å². The highest BCUT2D eigenvalue weighted by Crippen LogP contribution is 2.40. The number of hydrogen-bond donors (Lipinski definition) is 2. The van der Waals surface area contributed by atoms with Gasteiger partial charge in [-0.05, 0) is 50.8 Å². The van der Waals surface area contributed by atoms with E-state index in [0.717, 1.165) is 61.1 Å². The molecular formula is C30H39N3O3. The minimum Gasteiger partial charge on any atom is -0.508 e. The SMILES string of the molecule is CCOC(=O)c1c(C)n(C2CCCCC2)c2ccc(O)c(CN3CCNCC3Cc3ccccc3)c12. The fourth-order valence-electron chi connectivity index (χ4n) is 6.31. The first-order valence-corrected chi connectivity index (χ1v) is 13.6. The molecule has 2 N–H and O–H groups in total. The molecule has 0 amide bonds. The quantitative estimate of drug-likeness (QED) is 0.438. The van der Waals surface area contributed by atoms with Gasteiger partial charge in [0.25, 0.3) is 0 Å². The molecular weight excluding hydrogens is 450 g/mol. The summed E-state index contributed by atoms with van der Waals surface area (Å²) in [5, 5.41) is 15.6. The van der Waals surface area contributed by atoms with E-state index in [2.05, 4.69) is 45.1 Å². The Morgan fingerprint density at radius 3 is 2.64 bits per heavy atom. The molecule has 5 rings (SSSR count). The zero-order chi connectivity index (χ0) is 25.1. The molecule has 2 aliphatic rings. The number of nitrogens with one attached hydrogen (secondary N) is 1. The zero-order valence-corrected chi connectivity index (χ0v) is 21.6. The van der Waals surface area contributed by atoms with E-state index in [-0.39, 0.29) is 11.7 Å². The second-order valence-corrected chi connectivity index (χ2v) is 10.3. The van der Waals surface area contributed by atoms with Gasteiger partial charge >= 0.3 is 5.97 Å². The molecule has 1 atom stereocenters. The summed E-state index contributed by atoms with van der Waals surface area (Å²) < 4.78 is 7.91. The molecule has 2 heterocycles. The minimum atomic E-state index is -0.289. The van der Waals surface area contributed by atoms with Gasteiger partial charge in [0.05, 0.1) is 12.2 Å². The van der Waals surface area contributed by atoms with Gasteiger partial charge in [-0.25, -0.2) is 4.79 Å². The number of esters is 1. The van der Waals surface area contributed by atoms with Crippen LogP contribution in [0.4, 0.5) is 0 Å². The fraction of sp³-hybridized carbons (Fsp3) is 0.500. The molecule has 0 bridgehead atoms. The molecule has 1 aliphatic carbocycles. The summed E-state index contributed by atoms with van der Waals surface area (Å²) in [6, 6.07) is 15.1. The summed E-state index contributed by atoms with van der Waals surface area (Å²) in [6.45, 7) is 7.53. The van der Waals surface area contributed by atoms with Crippen molar-refractivity contribution >= 4 is 16.9 Å². The number of aromatic hydroxyl groups is 1. The molecule has 1 saturated heterocycles. The Balaban J connectivity index is 1.58. The maximum atomic E-state index is 13.3. The van der Waals surface area contributed by atoms with Crippen molar-refractivity contribution in [1.29, 1.82) is 0 Å². The third-order valence-corrected chi connectivity index (χ3v) is 8.07.